The van der Waals surface area contributed by atoms with Crippen LogP contribution in [0, 0.1) is 10.1 Å². The number of unbranched alkanes of at least 4 members (excludes halogenated alkanes) is 2. The molecule has 156 valence electrons. The van der Waals surface area contributed by atoms with Crippen molar-refractivity contribution in [3.8, 4) is 0 Å². The van der Waals surface area contributed by atoms with Crippen molar-refractivity contribution in [3.63, 3.8) is 0 Å². The molecule has 0 aliphatic heterocycles. The average molecular weight is 407 g/mol. The molecule has 0 bridgehead atoms. The number of nitro groups is 1. The van der Waals surface area contributed by atoms with Crippen LogP contribution in [0.2, 0.25) is 0 Å². The first-order valence-corrected chi connectivity index (χ1v) is 10.2. The van der Waals surface area contributed by atoms with Crippen LogP contribution in [0.3, 0.4) is 0 Å². The normalized spacial score (nSPS) is 12.8. The van der Waals surface area contributed by atoms with Crippen molar-refractivity contribution in [1.29, 1.82) is 0 Å². The van der Waals surface area contributed by atoms with E-state index in [4.69, 9.17) is 9.15 Å². The molecule has 0 atom stereocenters. The Kier molecular flexibility index (Phi) is 7.01. The highest BCUT2D eigenvalue weighted by Crippen LogP contribution is 2.23. The van der Waals surface area contributed by atoms with Crippen LogP contribution in [0.1, 0.15) is 45.1 Å². The van der Waals surface area contributed by atoms with Crippen molar-refractivity contribution in [3.05, 3.63) is 75.0 Å². The summed E-state index contributed by atoms with van der Waals surface area (Å²) in [6.07, 6.45) is 5.25. The lowest BCUT2D eigenvalue weighted by atomic mass is 9.98. The molecular formula is C24H25NO5. The van der Waals surface area contributed by atoms with Crippen molar-refractivity contribution in [2.75, 3.05) is 6.61 Å². The van der Waals surface area contributed by atoms with E-state index in [1.165, 1.54) is 18.2 Å². The first kappa shape index (κ1) is 21.3. The van der Waals surface area contributed by atoms with Gasteiger partial charge in [-0.2, -0.15) is 0 Å². The van der Waals surface area contributed by atoms with Gasteiger partial charge in [0.2, 0.25) is 0 Å². The molecule has 1 aromatic heterocycles. The van der Waals surface area contributed by atoms with Crippen LogP contribution in [0.15, 0.2) is 52.9 Å². The van der Waals surface area contributed by atoms with Gasteiger partial charge in [-0.1, -0.05) is 44.0 Å². The maximum absolute atomic E-state index is 12.0. The highest BCUT2D eigenvalue weighted by Gasteiger charge is 2.13. The lowest BCUT2D eigenvalue weighted by molar-refractivity contribution is -0.384. The molecule has 0 saturated heterocycles. The summed E-state index contributed by atoms with van der Waals surface area (Å²) in [6, 6.07) is 14.2. The van der Waals surface area contributed by atoms with Gasteiger partial charge < -0.3 is 9.15 Å². The first-order valence-electron chi connectivity index (χ1n) is 10.2. The molecule has 0 unspecified atom stereocenters. The molecule has 0 fully saturated rings. The molecule has 0 N–H and O–H groups in total. The standard InChI is InChI=1S/C24H25NO5/c1-3-5-6-9-19(17-12-14-18(15-13-17)25(27)28)24-21-11-8-7-10-20(21)22(30-24)16-23(26)29-4-2/h7-8,10-16H,3-6,9H2,1-2H3/b22-16-,24-19-. The molecule has 3 rings (SSSR count). The summed E-state index contributed by atoms with van der Waals surface area (Å²) in [6.45, 7) is 4.18. The van der Waals surface area contributed by atoms with Crippen LogP contribution in [-0.2, 0) is 9.53 Å². The van der Waals surface area contributed by atoms with Crippen LogP contribution < -0.4 is 10.8 Å². The molecule has 6 heteroatoms. The molecule has 0 aliphatic carbocycles. The van der Waals surface area contributed by atoms with E-state index in [-0.39, 0.29) is 12.3 Å². The van der Waals surface area contributed by atoms with Crippen LogP contribution in [0.5, 0.6) is 0 Å². The number of fused-ring (bicyclic) bond motifs is 1. The highest BCUT2D eigenvalue weighted by molar-refractivity contribution is 6.02. The van der Waals surface area contributed by atoms with Gasteiger partial charge in [-0.3, -0.25) is 10.1 Å². The van der Waals surface area contributed by atoms with E-state index in [9.17, 15) is 14.9 Å². The van der Waals surface area contributed by atoms with Gasteiger partial charge in [-0.15, -0.1) is 0 Å². The van der Waals surface area contributed by atoms with E-state index in [1.807, 2.05) is 24.3 Å². The molecule has 0 aliphatic rings. The van der Waals surface area contributed by atoms with Crippen molar-refractivity contribution in [2.24, 2.45) is 0 Å². The smallest absolute Gasteiger partial charge is 0.334 e. The number of hydrogen-bond donors (Lipinski definition) is 0. The lowest BCUT2D eigenvalue weighted by Crippen LogP contribution is -2.10. The van der Waals surface area contributed by atoms with Crippen LogP contribution in [-0.4, -0.2) is 17.5 Å². The Labute approximate surface area is 174 Å². The number of benzene rings is 2. The van der Waals surface area contributed by atoms with Gasteiger partial charge in [0, 0.05) is 28.5 Å². The van der Waals surface area contributed by atoms with Gasteiger partial charge in [-0.25, -0.2) is 4.79 Å². The van der Waals surface area contributed by atoms with Crippen LogP contribution >= 0.6 is 0 Å². The summed E-state index contributed by atoms with van der Waals surface area (Å²) < 4.78 is 11.2. The van der Waals surface area contributed by atoms with E-state index in [1.54, 1.807) is 19.1 Å². The fourth-order valence-electron chi connectivity index (χ4n) is 3.46. The van der Waals surface area contributed by atoms with E-state index >= 15 is 0 Å². The molecule has 3 aromatic rings. The van der Waals surface area contributed by atoms with Crippen molar-refractivity contribution in [2.45, 2.75) is 39.5 Å². The second-order valence-corrected chi connectivity index (χ2v) is 6.98. The van der Waals surface area contributed by atoms with E-state index < -0.39 is 10.9 Å². The Hall–Kier alpha value is -3.41. The number of rotatable bonds is 8. The second kappa shape index (κ2) is 9.87. The minimum atomic E-state index is -0.452. The molecular weight excluding hydrogens is 382 g/mol. The quantitative estimate of drug-likeness (QED) is 0.238. The number of esters is 1. The van der Waals surface area contributed by atoms with E-state index in [2.05, 4.69) is 6.92 Å². The number of hydrogen-bond acceptors (Lipinski definition) is 5. The monoisotopic (exact) mass is 407 g/mol. The molecule has 0 radical (unpaired) electrons. The zero-order chi connectivity index (χ0) is 21.5. The number of nitro benzene ring substituents is 1. The molecule has 0 saturated carbocycles. The van der Waals surface area contributed by atoms with Crippen molar-refractivity contribution < 1.29 is 18.9 Å². The molecule has 1 heterocycles. The zero-order valence-corrected chi connectivity index (χ0v) is 17.2. The lowest BCUT2D eigenvalue weighted by Gasteiger charge is -2.07. The van der Waals surface area contributed by atoms with Crippen molar-refractivity contribution in [1.82, 2.24) is 0 Å². The number of nitrogens with zero attached hydrogens (tertiary/aromatic N) is 1. The fraction of sp³-hybridized carbons (Fsp3) is 0.292. The highest BCUT2D eigenvalue weighted by atomic mass is 16.6. The number of carbonyl (C=O) groups excluding carboxylic acids is 1. The third kappa shape index (κ3) is 4.76. The van der Waals surface area contributed by atoms with E-state index in [0.29, 0.717) is 10.8 Å². The minimum absolute atomic E-state index is 0.0484. The summed E-state index contributed by atoms with van der Waals surface area (Å²) in [5.74, 6) is -0.452. The molecule has 6 nitrogen and oxygen atoms in total. The van der Waals surface area contributed by atoms with Gasteiger partial charge in [0.05, 0.1) is 17.6 Å². The molecule has 0 spiro atoms. The predicted molar refractivity (Wildman–Crippen MR) is 116 cm³/mol. The third-order valence-electron chi connectivity index (χ3n) is 4.92. The Morgan fingerprint density at radius 3 is 2.40 bits per heavy atom. The summed E-state index contributed by atoms with van der Waals surface area (Å²) in [5, 5.41) is 12.8. The van der Waals surface area contributed by atoms with Crippen LogP contribution in [0.25, 0.3) is 22.4 Å². The maximum atomic E-state index is 12.0. The molecule has 30 heavy (non-hydrogen) atoms. The largest absolute Gasteiger partial charge is 0.463 e. The predicted octanol–water partition coefficient (Wildman–Crippen LogP) is 4.46. The summed E-state index contributed by atoms with van der Waals surface area (Å²) in [7, 11) is 0. The van der Waals surface area contributed by atoms with Gasteiger partial charge in [0.25, 0.3) is 5.69 Å². The molecule has 2 aromatic carbocycles. The number of furan rings is 1. The Morgan fingerprint density at radius 1 is 1.07 bits per heavy atom. The maximum Gasteiger partial charge on any atom is 0.334 e. The van der Waals surface area contributed by atoms with Gasteiger partial charge in [0.1, 0.15) is 10.8 Å². The third-order valence-corrected chi connectivity index (χ3v) is 4.92. The number of non-ortho nitro benzene ring substituents is 1. The first-order chi connectivity index (χ1) is 14.5. The van der Waals surface area contributed by atoms with Gasteiger partial charge >= 0.3 is 5.97 Å². The number of carbonyl (C=O) groups is 1. The molecule has 0 amide bonds. The van der Waals surface area contributed by atoms with Crippen molar-refractivity contribution >= 4 is 34.1 Å². The Balaban J connectivity index is 2.25. The topological polar surface area (TPSA) is 82.6 Å². The zero-order valence-electron chi connectivity index (χ0n) is 17.2. The SMILES string of the molecule is CCCCC/C(c1ccc([N+](=O)[O-])cc1)=c1/o/c(=C\C(=O)OCC)c2ccccc12. The van der Waals surface area contributed by atoms with Gasteiger partial charge in [-0.05, 0) is 37.5 Å². The Bertz CT molecular complexity index is 1160. The van der Waals surface area contributed by atoms with E-state index in [0.717, 1.165) is 47.6 Å². The summed E-state index contributed by atoms with van der Waals surface area (Å²) in [5.41, 5.74) is 3.03. The fourth-order valence-corrected chi connectivity index (χ4v) is 3.46. The Morgan fingerprint density at radius 2 is 1.77 bits per heavy atom. The number of ether oxygens (including phenoxy) is 1. The summed E-state index contributed by atoms with van der Waals surface area (Å²) >= 11 is 0. The van der Waals surface area contributed by atoms with Crippen LogP contribution in [0.4, 0.5) is 5.69 Å². The summed E-state index contributed by atoms with van der Waals surface area (Å²) in [4.78, 5) is 22.6. The van der Waals surface area contributed by atoms with Gasteiger partial charge in [0.15, 0.2) is 0 Å². The average Bonchev–Trinajstić information content (AvgIpc) is 3.10. The minimum Gasteiger partial charge on any atom is -0.463 e. The second-order valence-electron chi connectivity index (χ2n) is 6.98.